The van der Waals surface area contributed by atoms with Gasteiger partial charge in [-0.1, -0.05) is 6.58 Å². The molecule has 3 nitrogen and oxygen atoms in total. The summed E-state index contributed by atoms with van der Waals surface area (Å²) in [6.45, 7) is 5.55. The van der Waals surface area contributed by atoms with Crippen LogP contribution in [0.1, 0.15) is 12.8 Å². The largest absolute Gasteiger partial charge is 0.459 e. The van der Waals surface area contributed by atoms with Crippen LogP contribution in [0.3, 0.4) is 0 Å². The van der Waals surface area contributed by atoms with Crippen molar-refractivity contribution < 1.29 is 14.4 Å². The Kier molecular flexibility index (Phi) is 3.29. The van der Waals surface area contributed by atoms with Gasteiger partial charge in [-0.2, -0.15) is 0 Å². The number of carbonyl (C=O) groups excluding carboxylic acids is 1. The molecule has 0 saturated carbocycles. The molecule has 1 aliphatic rings. The molecule has 0 aromatic rings. The van der Waals surface area contributed by atoms with E-state index in [-0.39, 0.29) is 12.1 Å². The van der Waals surface area contributed by atoms with E-state index < -0.39 is 0 Å². The minimum absolute atomic E-state index is 0.124. The van der Waals surface area contributed by atoms with Crippen LogP contribution in [-0.2, 0) is 9.53 Å². The van der Waals surface area contributed by atoms with Gasteiger partial charge in [0.15, 0.2) is 0 Å². The summed E-state index contributed by atoms with van der Waals surface area (Å²) in [5.41, 5.74) is 0. The Hall–Kier alpha value is -0.830. The number of likely N-dealkylation sites (tertiary alicyclic amines) is 1. The number of hydrogen-bond donors (Lipinski definition) is 1. The average Bonchev–Trinajstić information content (AvgIpc) is 2.09. The van der Waals surface area contributed by atoms with Gasteiger partial charge in [0.25, 0.3) is 0 Å². The van der Waals surface area contributed by atoms with Crippen LogP contribution in [0.5, 0.6) is 0 Å². The molecule has 0 amide bonds. The number of carbonyl (C=O) groups is 1. The lowest BCUT2D eigenvalue weighted by Crippen LogP contribution is -3.10. The van der Waals surface area contributed by atoms with Gasteiger partial charge in [-0.15, -0.1) is 0 Å². The van der Waals surface area contributed by atoms with Crippen molar-refractivity contribution in [1.82, 2.24) is 0 Å². The van der Waals surface area contributed by atoms with Gasteiger partial charge >= 0.3 is 5.97 Å². The molecule has 1 heterocycles. The SMILES string of the molecule is C=CC(=O)OC1CC[NH+](C)CC1. The molecule has 0 radical (unpaired) electrons. The number of hydrogen-bond acceptors (Lipinski definition) is 2. The summed E-state index contributed by atoms with van der Waals surface area (Å²) in [6.07, 6.45) is 3.31. The van der Waals surface area contributed by atoms with Crippen molar-refractivity contribution in [3.05, 3.63) is 12.7 Å². The maximum atomic E-state index is 10.8. The normalized spacial score (nSPS) is 29.4. The topological polar surface area (TPSA) is 30.7 Å². The summed E-state index contributed by atoms with van der Waals surface area (Å²) in [4.78, 5) is 12.3. The highest BCUT2D eigenvalue weighted by Gasteiger charge is 2.21. The number of rotatable bonds is 2. The summed E-state index contributed by atoms with van der Waals surface area (Å²) in [7, 11) is 2.16. The first-order chi connectivity index (χ1) is 5.72. The highest BCUT2D eigenvalue weighted by molar-refractivity contribution is 5.81. The Labute approximate surface area is 73.0 Å². The van der Waals surface area contributed by atoms with Gasteiger partial charge in [0.2, 0.25) is 0 Å². The monoisotopic (exact) mass is 170 g/mol. The maximum absolute atomic E-state index is 10.8. The standard InChI is InChI=1S/C9H15NO2/c1-3-9(11)12-8-4-6-10(2)7-5-8/h3,8H,1,4-7H2,2H3/p+1. The third-order valence-corrected chi connectivity index (χ3v) is 2.24. The van der Waals surface area contributed by atoms with Crippen molar-refractivity contribution in [3.8, 4) is 0 Å². The van der Waals surface area contributed by atoms with Crippen molar-refractivity contribution in [2.24, 2.45) is 0 Å². The van der Waals surface area contributed by atoms with Crippen LogP contribution >= 0.6 is 0 Å². The second kappa shape index (κ2) is 4.26. The molecule has 1 aliphatic heterocycles. The Morgan fingerprint density at radius 1 is 1.58 bits per heavy atom. The molecule has 0 aliphatic carbocycles. The van der Waals surface area contributed by atoms with Gasteiger partial charge < -0.3 is 9.64 Å². The molecule has 0 aromatic carbocycles. The van der Waals surface area contributed by atoms with E-state index in [4.69, 9.17) is 4.74 Å². The third-order valence-electron chi connectivity index (χ3n) is 2.24. The van der Waals surface area contributed by atoms with Crippen LogP contribution in [0.4, 0.5) is 0 Å². The average molecular weight is 170 g/mol. The Bertz CT molecular complexity index is 171. The van der Waals surface area contributed by atoms with Crippen LogP contribution in [0, 0.1) is 0 Å². The van der Waals surface area contributed by atoms with Gasteiger partial charge in [-0.05, 0) is 0 Å². The van der Waals surface area contributed by atoms with Gasteiger partial charge in [0.05, 0.1) is 20.1 Å². The molecule has 3 heteroatoms. The first-order valence-electron chi connectivity index (χ1n) is 4.36. The van der Waals surface area contributed by atoms with Crippen LogP contribution in [-0.4, -0.2) is 32.2 Å². The summed E-state index contributed by atoms with van der Waals surface area (Å²) >= 11 is 0. The molecule has 12 heavy (non-hydrogen) atoms. The van der Waals surface area contributed by atoms with E-state index in [9.17, 15) is 4.79 Å². The third kappa shape index (κ3) is 2.66. The van der Waals surface area contributed by atoms with Gasteiger partial charge in [0, 0.05) is 18.9 Å². The molecule has 0 bridgehead atoms. The van der Waals surface area contributed by atoms with Crippen LogP contribution in [0.15, 0.2) is 12.7 Å². The number of quaternary nitrogens is 1. The lowest BCUT2D eigenvalue weighted by molar-refractivity contribution is -0.885. The lowest BCUT2D eigenvalue weighted by Gasteiger charge is -2.25. The van der Waals surface area contributed by atoms with E-state index in [2.05, 4.69) is 13.6 Å². The maximum Gasteiger partial charge on any atom is 0.330 e. The second-order valence-electron chi connectivity index (χ2n) is 3.30. The van der Waals surface area contributed by atoms with E-state index in [1.165, 1.54) is 11.0 Å². The van der Waals surface area contributed by atoms with Gasteiger partial charge in [-0.3, -0.25) is 0 Å². The van der Waals surface area contributed by atoms with Gasteiger partial charge in [-0.25, -0.2) is 4.79 Å². The Morgan fingerprint density at radius 2 is 2.17 bits per heavy atom. The highest BCUT2D eigenvalue weighted by Crippen LogP contribution is 2.04. The molecule has 1 saturated heterocycles. The van der Waals surface area contributed by atoms with Crippen molar-refractivity contribution in [3.63, 3.8) is 0 Å². The zero-order valence-electron chi connectivity index (χ0n) is 7.51. The lowest BCUT2D eigenvalue weighted by atomic mass is 10.1. The van der Waals surface area contributed by atoms with Crippen molar-refractivity contribution >= 4 is 5.97 Å². The van der Waals surface area contributed by atoms with Crippen molar-refractivity contribution in [1.29, 1.82) is 0 Å². The summed E-state index contributed by atoms with van der Waals surface area (Å²) < 4.78 is 5.12. The molecule has 0 spiro atoms. The van der Waals surface area contributed by atoms with Gasteiger partial charge in [0.1, 0.15) is 6.10 Å². The fraction of sp³-hybridized carbons (Fsp3) is 0.667. The molecule has 0 atom stereocenters. The van der Waals surface area contributed by atoms with E-state index in [1.807, 2.05) is 0 Å². The predicted molar refractivity (Wildman–Crippen MR) is 45.9 cm³/mol. The minimum Gasteiger partial charge on any atom is -0.459 e. The van der Waals surface area contributed by atoms with Crippen LogP contribution < -0.4 is 4.90 Å². The Balaban J connectivity index is 2.26. The summed E-state index contributed by atoms with van der Waals surface area (Å²) in [5.74, 6) is -0.292. The zero-order valence-corrected chi connectivity index (χ0v) is 7.51. The molecular formula is C9H16NO2+. The van der Waals surface area contributed by atoms with E-state index in [0.717, 1.165) is 25.9 Å². The number of ether oxygens (including phenoxy) is 1. The zero-order chi connectivity index (χ0) is 8.97. The second-order valence-corrected chi connectivity index (χ2v) is 3.30. The first kappa shape index (κ1) is 9.26. The number of nitrogens with one attached hydrogen (secondary N) is 1. The van der Waals surface area contributed by atoms with E-state index in [1.54, 1.807) is 0 Å². The minimum atomic E-state index is -0.292. The van der Waals surface area contributed by atoms with Crippen molar-refractivity contribution in [2.45, 2.75) is 18.9 Å². The molecule has 1 fully saturated rings. The molecule has 1 N–H and O–H groups in total. The van der Waals surface area contributed by atoms with Crippen LogP contribution in [0.25, 0.3) is 0 Å². The highest BCUT2D eigenvalue weighted by atomic mass is 16.5. The van der Waals surface area contributed by atoms with Crippen LogP contribution in [0.2, 0.25) is 0 Å². The number of esters is 1. The number of piperidine rings is 1. The molecule has 0 aromatic heterocycles. The predicted octanol–water partition coefficient (Wildman–Crippen LogP) is -0.607. The first-order valence-corrected chi connectivity index (χ1v) is 4.36. The van der Waals surface area contributed by atoms with E-state index in [0.29, 0.717) is 0 Å². The van der Waals surface area contributed by atoms with Crippen molar-refractivity contribution in [2.75, 3.05) is 20.1 Å². The fourth-order valence-corrected chi connectivity index (χ4v) is 1.41. The fourth-order valence-electron chi connectivity index (χ4n) is 1.41. The molecule has 0 unspecified atom stereocenters. The quantitative estimate of drug-likeness (QED) is 0.443. The smallest absolute Gasteiger partial charge is 0.330 e. The summed E-state index contributed by atoms with van der Waals surface area (Å²) in [6, 6.07) is 0. The molecule has 1 rings (SSSR count). The van der Waals surface area contributed by atoms with E-state index >= 15 is 0 Å². The molecule has 68 valence electrons. The Morgan fingerprint density at radius 3 is 2.67 bits per heavy atom. The summed E-state index contributed by atoms with van der Waals surface area (Å²) in [5, 5.41) is 0. The molecular weight excluding hydrogens is 154 g/mol.